The standard InChI is InChI=1S/C22H29N3O4/c1-4-14(12-13-8-5-6-9-13)23-17-18(21(28)20(17)27)24-16-11-7-10-15(19(16)26)22(29)25(2)3/h7,10-11,13-14,23-24,26H,4-6,8-9,12H2,1-3H3/t14-/m0/s1. The summed E-state index contributed by atoms with van der Waals surface area (Å²) in [5.41, 5.74) is -0.407. The highest BCUT2D eigenvalue weighted by Crippen LogP contribution is 2.33. The van der Waals surface area contributed by atoms with Crippen LogP contribution in [-0.4, -0.2) is 36.1 Å². The van der Waals surface area contributed by atoms with Gasteiger partial charge in [-0.1, -0.05) is 38.7 Å². The normalized spacial score (nSPS) is 15.4. The molecule has 1 aliphatic carbocycles. The second kappa shape index (κ2) is 8.68. The summed E-state index contributed by atoms with van der Waals surface area (Å²) in [4.78, 5) is 37.9. The Hall–Kier alpha value is -2.83. The Labute approximate surface area is 170 Å². The van der Waals surface area contributed by atoms with Crippen LogP contribution in [0.1, 0.15) is 55.8 Å². The summed E-state index contributed by atoms with van der Waals surface area (Å²) in [6.45, 7) is 2.06. The van der Waals surface area contributed by atoms with E-state index in [0.29, 0.717) is 5.92 Å². The highest BCUT2D eigenvalue weighted by Gasteiger charge is 2.26. The van der Waals surface area contributed by atoms with Gasteiger partial charge in [0.05, 0.1) is 11.3 Å². The van der Waals surface area contributed by atoms with Crippen molar-refractivity contribution in [2.24, 2.45) is 5.92 Å². The van der Waals surface area contributed by atoms with Gasteiger partial charge >= 0.3 is 0 Å². The van der Waals surface area contributed by atoms with Gasteiger partial charge in [-0.3, -0.25) is 14.4 Å². The first kappa shape index (κ1) is 20.9. The van der Waals surface area contributed by atoms with Gasteiger partial charge in [0.25, 0.3) is 16.8 Å². The fourth-order valence-corrected chi connectivity index (χ4v) is 4.02. The molecule has 2 aromatic rings. The number of aromatic hydroxyl groups is 1. The number of benzene rings is 1. The molecular weight excluding hydrogens is 370 g/mol. The molecule has 0 heterocycles. The van der Waals surface area contributed by atoms with Crippen molar-refractivity contribution in [2.45, 2.75) is 51.5 Å². The summed E-state index contributed by atoms with van der Waals surface area (Å²) in [5, 5.41) is 16.6. The highest BCUT2D eigenvalue weighted by molar-refractivity contribution is 5.99. The maximum absolute atomic E-state index is 12.2. The van der Waals surface area contributed by atoms with E-state index in [-0.39, 0.29) is 40.3 Å². The molecule has 1 aliphatic rings. The lowest BCUT2D eigenvalue weighted by Crippen LogP contribution is -2.39. The van der Waals surface area contributed by atoms with Gasteiger partial charge in [0.1, 0.15) is 11.4 Å². The van der Waals surface area contributed by atoms with Gasteiger partial charge in [-0.25, -0.2) is 0 Å². The molecule has 0 aromatic heterocycles. The van der Waals surface area contributed by atoms with Crippen molar-refractivity contribution >= 4 is 23.0 Å². The minimum absolute atomic E-state index is 0.122. The van der Waals surface area contributed by atoms with Crippen molar-refractivity contribution in [1.82, 2.24) is 4.90 Å². The quantitative estimate of drug-likeness (QED) is 0.466. The van der Waals surface area contributed by atoms with Gasteiger partial charge in [0.15, 0.2) is 5.75 Å². The molecule has 2 aromatic carbocycles. The fraction of sp³-hybridized carbons (Fsp3) is 0.500. The maximum Gasteiger partial charge on any atom is 0.257 e. The molecule has 0 bridgehead atoms. The summed E-state index contributed by atoms with van der Waals surface area (Å²) < 4.78 is 0. The van der Waals surface area contributed by atoms with Crippen LogP contribution in [0.3, 0.4) is 0 Å². The molecular formula is C22H29N3O4. The number of nitrogens with zero attached hydrogens (tertiary/aromatic N) is 1. The van der Waals surface area contributed by atoms with Crippen molar-refractivity contribution in [3.05, 3.63) is 44.2 Å². The van der Waals surface area contributed by atoms with Crippen LogP contribution in [0.5, 0.6) is 5.75 Å². The van der Waals surface area contributed by atoms with Crippen LogP contribution >= 0.6 is 0 Å². The Bertz CT molecular complexity index is 954. The molecule has 29 heavy (non-hydrogen) atoms. The van der Waals surface area contributed by atoms with Crippen LogP contribution in [0.4, 0.5) is 17.1 Å². The summed E-state index contributed by atoms with van der Waals surface area (Å²) in [6, 6.07) is 4.82. The molecule has 0 unspecified atom stereocenters. The van der Waals surface area contributed by atoms with Crippen molar-refractivity contribution in [3.8, 4) is 5.75 Å². The number of anilines is 3. The summed E-state index contributed by atoms with van der Waals surface area (Å²) in [7, 11) is 3.19. The van der Waals surface area contributed by atoms with Gasteiger partial charge < -0.3 is 20.6 Å². The SMILES string of the molecule is CC[C@@H](CC1CCCC1)Nc1c(Nc2cccc(C(=O)N(C)C)c2O)c(=O)c1=O. The van der Waals surface area contributed by atoms with Gasteiger partial charge in [-0.15, -0.1) is 0 Å². The molecule has 156 valence electrons. The number of nitrogens with one attached hydrogen (secondary N) is 2. The van der Waals surface area contributed by atoms with E-state index in [9.17, 15) is 19.5 Å². The molecule has 1 amide bonds. The molecule has 7 nitrogen and oxygen atoms in total. The lowest BCUT2D eigenvalue weighted by atomic mass is 9.96. The molecule has 0 spiro atoms. The number of para-hydroxylation sites is 1. The van der Waals surface area contributed by atoms with Crippen molar-refractivity contribution in [2.75, 3.05) is 24.7 Å². The van der Waals surface area contributed by atoms with E-state index < -0.39 is 10.9 Å². The van der Waals surface area contributed by atoms with Gasteiger partial charge in [-0.05, 0) is 30.9 Å². The maximum atomic E-state index is 12.2. The van der Waals surface area contributed by atoms with E-state index in [1.807, 2.05) is 0 Å². The topological polar surface area (TPSA) is 98.7 Å². The molecule has 3 N–H and O–H groups in total. The predicted octanol–water partition coefficient (Wildman–Crippen LogP) is 3.20. The van der Waals surface area contributed by atoms with Crippen LogP contribution in [0, 0.1) is 5.92 Å². The van der Waals surface area contributed by atoms with E-state index in [1.54, 1.807) is 26.2 Å². The third kappa shape index (κ3) is 4.28. The third-order valence-corrected chi connectivity index (χ3v) is 5.78. The molecule has 7 heteroatoms. The molecule has 3 rings (SSSR count). The Balaban J connectivity index is 1.80. The smallest absolute Gasteiger partial charge is 0.257 e. The minimum Gasteiger partial charge on any atom is -0.505 e. The zero-order valence-corrected chi connectivity index (χ0v) is 17.2. The van der Waals surface area contributed by atoms with Crippen LogP contribution in [0.25, 0.3) is 0 Å². The van der Waals surface area contributed by atoms with Crippen LogP contribution in [-0.2, 0) is 0 Å². The van der Waals surface area contributed by atoms with E-state index in [2.05, 4.69) is 17.6 Å². The molecule has 1 saturated carbocycles. The average Bonchev–Trinajstić information content (AvgIpc) is 3.22. The number of carbonyl (C=O) groups excluding carboxylic acids is 1. The number of hydrogen-bond donors (Lipinski definition) is 3. The molecule has 1 fully saturated rings. The monoisotopic (exact) mass is 399 g/mol. The second-order valence-electron chi connectivity index (χ2n) is 8.07. The fourth-order valence-electron chi connectivity index (χ4n) is 4.02. The number of rotatable bonds is 8. The zero-order valence-electron chi connectivity index (χ0n) is 17.2. The van der Waals surface area contributed by atoms with Gasteiger partial charge in [-0.2, -0.15) is 0 Å². The highest BCUT2D eigenvalue weighted by atomic mass is 16.3. The number of phenols is 1. The first-order chi connectivity index (χ1) is 13.8. The van der Waals surface area contributed by atoms with Gasteiger partial charge in [0.2, 0.25) is 0 Å². The van der Waals surface area contributed by atoms with Gasteiger partial charge in [0, 0.05) is 20.1 Å². The largest absolute Gasteiger partial charge is 0.505 e. The second-order valence-corrected chi connectivity index (χ2v) is 8.07. The zero-order chi connectivity index (χ0) is 21.1. The first-order valence-corrected chi connectivity index (χ1v) is 10.2. The Morgan fingerprint density at radius 1 is 1.17 bits per heavy atom. The molecule has 0 aliphatic heterocycles. The van der Waals surface area contributed by atoms with Crippen molar-refractivity contribution in [1.29, 1.82) is 0 Å². The first-order valence-electron chi connectivity index (χ1n) is 10.2. The number of hydrogen-bond acceptors (Lipinski definition) is 6. The summed E-state index contributed by atoms with van der Waals surface area (Å²) >= 11 is 0. The Kier molecular flexibility index (Phi) is 6.25. The van der Waals surface area contributed by atoms with Crippen LogP contribution < -0.4 is 21.5 Å². The van der Waals surface area contributed by atoms with E-state index in [4.69, 9.17) is 0 Å². The van der Waals surface area contributed by atoms with E-state index in [1.165, 1.54) is 36.6 Å². The van der Waals surface area contributed by atoms with Crippen molar-refractivity contribution < 1.29 is 9.90 Å². The van der Waals surface area contributed by atoms with E-state index in [0.717, 1.165) is 12.8 Å². The molecule has 1 atom stereocenters. The molecule has 0 radical (unpaired) electrons. The summed E-state index contributed by atoms with van der Waals surface area (Å²) in [5.74, 6) is 0.0633. The van der Waals surface area contributed by atoms with Crippen LogP contribution in [0.2, 0.25) is 0 Å². The third-order valence-electron chi connectivity index (χ3n) is 5.78. The number of amides is 1. The molecule has 0 saturated heterocycles. The Morgan fingerprint density at radius 3 is 2.45 bits per heavy atom. The summed E-state index contributed by atoms with van der Waals surface area (Å²) in [6.07, 6.45) is 6.79. The van der Waals surface area contributed by atoms with E-state index >= 15 is 0 Å². The lowest BCUT2D eigenvalue weighted by molar-refractivity contribution is 0.0824. The lowest BCUT2D eigenvalue weighted by Gasteiger charge is -2.24. The average molecular weight is 399 g/mol. The Morgan fingerprint density at radius 2 is 1.83 bits per heavy atom. The number of phenolic OH excluding ortho intramolecular Hbond substituents is 1. The van der Waals surface area contributed by atoms with Crippen LogP contribution in [0.15, 0.2) is 27.8 Å². The number of carbonyl (C=O) groups is 1. The minimum atomic E-state index is -0.619. The predicted molar refractivity (Wildman–Crippen MR) is 115 cm³/mol. The van der Waals surface area contributed by atoms with Crippen molar-refractivity contribution in [3.63, 3.8) is 0 Å².